The number of unbranched alkanes of at least 4 members (excludes halogenated alkanes) is 1. The summed E-state index contributed by atoms with van der Waals surface area (Å²) in [6.07, 6.45) is -2.43. The van der Waals surface area contributed by atoms with Crippen molar-refractivity contribution in [3.63, 3.8) is 0 Å². The minimum absolute atomic E-state index is 0.0302. The first-order chi connectivity index (χ1) is 17.9. The van der Waals surface area contributed by atoms with Crippen LogP contribution in [-0.4, -0.2) is 57.8 Å². The van der Waals surface area contributed by atoms with E-state index in [4.69, 9.17) is 30.1 Å². The highest BCUT2D eigenvalue weighted by Crippen LogP contribution is 2.48. The highest BCUT2D eigenvalue weighted by molar-refractivity contribution is 7.52. The van der Waals surface area contributed by atoms with Crippen molar-refractivity contribution in [2.45, 2.75) is 63.8 Å². The maximum Gasteiger partial charge on any atom is 0.459 e. The second-order valence-electron chi connectivity index (χ2n) is 8.83. The van der Waals surface area contributed by atoms with Crippen LogP contribution in [0.15, 0.2) is 46.1 Å². The van der Waals surface area contributed by atoms with Gasteiger partial charge in [-0.2, -0.15) is 5.09 Å². The number of halogens is 2. The number of carbonyl (C=O) groups excluding carboxylic acids is 1. The van der Waals surface area contributed by atoms with Crippen molar-refractivity contribution in [3.8, 4) is 5.75 Å². The summed E-state index contributed by atoms with van der Waals surface area (Å²) >= 11 is 6.12. The maximum atomic E-state index is 15.5. The van der Waals surface area contributed by atoms with Gasteiger partial charge >= 0.3 is 19.4 Å². The Hall–Kier alpha value is -2.54. The average Bonchev–Trinajstić information content (AvgIpc) is 3.08. The number of rotatable bonds is 12. The van der Waals surface area contributed by atoms with E-state index in [0.717, 1.165) is 30.2 Å². The minimum Gasteiger partial charge on any atom is -0.465 e. The Morgan fingerprint density at radius 1 is 1.37 bits per heavy atom. The molecule has 1 aliphatic rings. The number of aromatic amines is 1. The van der Waals surface area contributed by atoms with Gasteiger partial charge in [-0.05, 0) is 32.4 Å². The van der Waals surface area contributed by atoms with Gasteiger partial charge in [0.25, 0.3) is 5.56 Å². The number of alkyl halides is 1. The molecule has 0 spiro atoms. The van der Waals surface area contributed by atoms with Crippen LogP contribution in [0.2, 0.25) is 5.02 Å². The molecular formula is C23H30ClFN3O9P. The summed E-state index contributed by atoms with van der Waals surface area (Å²) in [6, 6.07) is 5.93. The fourth-order valence-electron chi connectivity index (χ4n) is 3.60. The van der Waals surface area contributed by atoms with Crippen LogP contribution >= 0.6 is 19.3 Å². The molecule has 15 heteroatoms. The molecule has 12 nitrogen and oxygen atoms in total. The van der Waals surface area contributed by atoms with E-state index in [0.29, 0.717) is 6.42 Å². The van der Waals surface area contributed by atoms with E-state index in [-0.39, 0.29) is 17.4 Å². The average molecular weight is 578 g/mol. The van der Waals surface area contributed by atoms with E-state index in [1.165, 1.54) is 19.1 Å². The molecule has 0 amide bonds. The lowest BCUT2D eigenvalue weighted by molar-refractivity contribution is -0.145. The van der Waals surface area contributed by atoms with Gasteiger partial charge in [0.2, 0.25) is 0 Å². The number of aliphatic hydroxyl groups is 1. The van der Waals surface area contributed by atoms with Crippen LogP contribution in [0.4, 0.5) is 4.39 Å². The quantitative estimate of drug-likeness (QED) is 0.194. The number of aliphatic hydroxyl groups excluding tert-OH is 1. The molecule has 210 valence electrons. The van der Waals surface area contributed by atoms with Gasteiger partial charge < -0.3 is 19.1 Å². The molecule has 1 saturated heterocycles. The Labute approximate surface area is 222 Å². The molecule has 2 unspecified atom stereocenters. The third-order valence-electron chi connectivity index (χ3n) is 5.73. The van der Waals surface area contributed by atoms with Gasteiger partial charge in [0.15, 0.2) is 11.9 Å². The van der Waals surface area contributed by atoms with Crippen LogP contribution in [0.5, 0.6) is 5.75 Å². The number of para-hydroxylation sites is 1. The number of hydrogen-bond acceptors (Lipinski definition) is 9. The Balaban J connectivity index is 1.80. The summed E-state index contributed by atoms with van der Waals surface area (Å²) in [5, 5.41) is 13.2. The zero-order valence-corrected chi connectivity index (χ0v) is 22.6. The third-order valence-corrected chi connectivity index (χ3v) is 7.67. The second kappa shape index (κ2) is 12.5. The molecule has 0 bridgehead atoms. The lowest BCUT2D eigenvalue weighted by atomic mass is 9.98. The van der Waals surface area contributed by atoms with Crippen LogP contribution in [0.1, 0.15) is 39.8 Å². The number of hydrogen-bond donors (Lipinski definition) is 3. The van der Waals surface area contributed by atoms with Gasteiger partial charge in [-0.25, -0.2) is 13.8 Å². The van der Waals surface area contributed by atoms with Gasteiger partial charge in [0.1, 0.15) is 24.0 Å². The number of aromatic nitrogens is 2. The van der Waals surface area contributed by atoms with Gasteiger partial charge in [-0.1, -0.05) is 37.1 Å². The minimum atomic E-state index is -4.41. The number of nitrogens with zero attached hydrogens (tertiary/aromatic N) is 1. The Kier molecular flexibility index (Phi) is 9.91. The molecular weight excluding hydrogens is 548 g/mol. The van der Waals surface area contributed by atoms with Gasteiger partial charge in [-0.15, -0.1) is 0 Å². The van der Waals surface area contributed by atoms with Crippen molar-refractivity contribution in [1.82, 2.24) is 14.6 Å². The number of ether oxygens (including phenoxy) is 2. The number of nitrogens with one attached hydrogen (secondary N) is 2. The molecule has 2 aromatic rings. The fraction of sp³-hybridized carbons (Fsp3) is 0.522. The molecule has 3 rings (SSSR count). The number of esters is 1. The van der Waals surface area contributed by atoms with E-state index < -0.39 is 61.7 Å². The first kappa shape index (κ1) is 30.0. The van der Waals surface area contributed by atoms with Crippen molar-refractivity contribution >= 4 is 25.3 Å². The zero-order chi connectivity index (χ0) is 28.1. The number of carbonyl (C=O) groups is 1. The van der Waals surface area contributed by atoms with Crippen LogP contribution < -0.4 is 20.9 Å². The first-order valence-electron chi connectivity index (χ1n) is 11.8. The molecule has 1 aromatic heterocycles. The van der Waals surface area contributed by atoms with E-state index in [2.05, 4.69) is 5.09 Å². The molecule has 38 heavy (non-hydrogen) atoms. The molecule has 0 aliphatic carbocycles. The smallest absolute Gasteiger partial charge is 0.459 e. The van der Waals surface area contributed by atoms with Crippen molar-refractivity contribution in [2.24, 2.45) is 0 Å². The highest BCUT2D eigenvalue weighted by atomic mass is 35.5. The van der Waals surface area contributed by atoms with Gasteiger partial charge in [0.05, 0.1) is 18.2 Å². The summed E-state index contributed by atoms with van der Waals surface area (Å²) in [4.78, 5) is 37.9. The van der Waals surface area contributed by atoms with Gasteiger partial charge in [-0.3, -0.25) is 23.7 Å². The maximum absolute atomic E-state index is 15.5. The van der Waals surface area contributed by atoms with Crippen molar-refractivity contribution in [2.75, 3.05) is 13.2 Å². The van der Waals surface area contributed by atoms with Crippen LogP contribution in [-0.2, 0) is 23.4 Å². The van der Waals surface area contributed by atoms with Crippen LogP contribution in [0, 0.1) is 0 Å². The molecule has 1 fully saturated rings. The van der Waals surface area contributed by atoms with Crippen molar-refractivity contribution in [3.05, 3.63) is 62.4 Å². The lowest BCUT2D eigenvalue weighted by Crippen LogP contribution is -2.43. The molecule has 6 atom stereocenters. The molecule has 1 aromatic carbocycles. The first-order valence-corrected chi connectivity index (χ1v) is 13.8. The van der Waals surface area contributed by atoms with E-state index >= 15 is 4.39 Å². The third kappa shape index (κ3) is 7.10. The van der Waals surface area contributed by atoms with E-state index in [1.54, 1.807) is 12.1 Å². The Morgan fingerprint density at radius 2 is 2.08 bits per heavy atom. The number of benzene rings is 1. The molecule has 0 saturated carbocycles. The summed E-state index contributed by atoms with van der Waals surface area (Å²) < 4.78 is 51.7. The standard InChI is InChI=1S/C23H30ClFN3O9P/c1-4-5-12-34-20(31)14(2)27-38(33,37-16-9-7-6-8-15(16)24)35-13-17-19(30)23(3,25)21(36-17)28-11-10-18(29)26-22(28)32/h6-11,14,17,19,21,30H,4-5,12-13H2,1-3H3,(H,27,33)(H,26,29,32)/t14-,17?,19+,21+,23+,38?/m0/s1. The molecule has 1 aliphatic heterocycles. The second-order valence-corrected chi connectivity index (χ2v) is 10.9. The molecule has 0 radical (unpaired) electrons. The van der Waals surface area contributed by atoms with E-state index in [9.17, 15) is 24.1 Å². The summed E-state index contributed by atoms with van der Waals surface area (Å²) in [7, 11) is -4.41. The van der Waals surface area contributed by atoms with Gasteiger partial charge in [0, 0.05) is 12.3 Å². The predicted molar refractivity (Wildman–Crippen MR) is 135 cm³/mol. The van der Waals surface area contributed by atoms with Crippen LogP contribution in [0.3, 0.4) is 0 Å². The van der Waals surface area contributed by atoms with Crippen LogP contribution in [0.25, 0.3) is 0 Å². The normalized spacial score (nSPS) is 25.5. The van der Waals surface area contributed by atoms with E-state index in [1.807, 2.05) is 11.9 Å². The Bertz CT molecular complexity index is 1290. The summed E-state index contributed by atoms with van der Waals surface area (Å²) in [5.74, 6) is -0.742. The number of H-pyrrole nitrogens is 1. The van der Waals surface area contributed by atoms with Crippen molar-refractivity contribution in [1.29, 1.82) is 0 Å². The highest BCUT2D eigenvalue weighted by Gasteiger charge is 2.56. The SMILES string of the molecule is CCCCOC(=O)[C@H](C)NP(=O)(OCC1O[C@@H](n2ccc(=O)[nH]c2=O)[C@](C)(F)[C@@H]1O)Oc1ccccc1Cl. The molecule has 2 heterocycles. The lowest BCUT2D eigenvalue weighted by Gasteiger charge is -2.25. The summed E-state index contributed by atoms with van der Waals surface area (Å²) in [6.45, 7) is 3.81. The molecule has 3 N–H and O–H groups in total. The predicted octanol–water partition coefficient (Wildman–Crippen LogP) is 2.70. The van der Waals surface area contributed by atoms with Crippen molar-refractivity contribution < 1.29 is 37.4 Å². The zero-order valence-electron chi connectivity index (χ0n) is 21.0. The Morgan fingerprint density at radius 3 is 2.74 bits per heavy atom. The summed E-state index contributed by atoms with van der Waals surface area (Å²) in [5.41, 5.74) is -4.16. The monoisotopic (exact) mass is 577 g/mol. The fourth-order valence-corrected chi connectivity index (χ4v) is 5.35. The topological polar surface area (TPSA) is 158 Å². The largest absolute Gasteiger partial charge is 0.465 e.